The molecule has 1 aromatic rings. The summed E-state index contributed by atoms with van der Waals surface area (Å²) in [5.74, 6) is 4.89. The third kappa shape index (κ3) is 4.03. The first-order valence-electron chi connectivity index (χ1n) is 6.83. The van der Waals surface area contributed by atoms with Crippen molar-refractivity contribution in [3.05, 3.63) is 29.8 Å². The summed E-state index contributed by atoms with van der Waals surface area (Å²) >= 11 is 0. The highest BCUT2D eigenvalue weighted by molar-refractivity contribution is 5.89. The molecule has 1 heterocycles. The Balaban J connectivity index is 2.08. The summed E-state index contributed by atoms with van der Waals surface area (Å²) in [5, 5.41) is 0. The van der Waals surface area contributed by atoms with E-state index in [4.69, 9.17) is 4.74 Å². The van der Waals surface area contributed by atoms with E-state index < -0.39 is 5.97 Å². The van der Waals surface area contributed by atoms with Crippen LogP contribution < -0.4 is 4.90 Å². The average molecular weight is 257 g/mol. The van der Waals surface area contributed by atoms with Crippen molar-refractivity contribution in [3.8, 4) is 11.8 Å². The smallest absolute Gasteiger partial charge is 0.384 e. The number of piperidine rings is 1. The summed E-state index contributed by atoms with van der Waals surface area (Å²) < 4.78 is 4.79. The fourth-order valence-corrected chi connectivity index (χ4v) is 2.22. The molecule has 0 unspecified atom stereocenters. The van der Waals surface area contributed by atoms with Gasteiger partial charge in [0.15, 0.2) is 0 Å². The van der Waals surface area contributed by atoms with Crippen LogP contribution in [0.2, 0.25) is 0 Å². The third-order valence-electron chi connectivity index (χ3n) is 3.15. The zero-order valence-corrected chi connectivity index (χ0v) is 11.3. The number of benzene rings is 1. The van der Waals surface area contributed by atoms with Crippen molar-refractivity contribution in [2.45, 2.75) is 26.2 Å². The number of nitrogens with zero attached hydrogens (tertiary/aromatic N) is 1. The van der Waals surface area contributed by atoms with Gasteiger partial charge in [0.25, 0.3) is 0 Å². The van der Waals surface area contributed by atoms with Gasteiger partial charge in [0.2, 0.25) is 0 Å². The van der Waals surface area contributed by atoms with Crippen LogP contribution in [0, 0.1) is 11.8 Å². The lowest BCUT2D eigenvalue weighted by Gasteiger charge is -2.28. The Morgan fingerprint density at radius 1 is 1.32 bits per heavy atom. The van der Waals surface area contributed by atoms with Crippen LogP contribution in [-0.2, 0) is 9.53 Å². The number of carbonyl (C=O) groups excluding carboxylic acids is 1. The van der Waals surface area contributed by atoms with Gasteiger partial charge in [0.05, 0.1) is 6.61 Å². The third-order valence-corrected chi connectivity index (χ3v) is 3.15. The first-order valence-corrected chi connectivity index (χ1v) is 6.83. The molecule has 0 spiro atoms. The highest BCUT2D eigenvalue weighted by Crippen LogP contribution is 2.20. The minimum absolute atomic E-state index is 0.362. The molecule has 1 aliphatic heterocycles. The van der Waals surface area contributed by atoms with Gasteiger partial charge in [-0.05, 0) is 44.4 Å². The molecule has 3 heteroatoms. The first kappa shape index (κ1) is 13.5. The van der Waals surface area contributed by atoms with Gasteiger partial charge in [0, 0.05) is 30.3 Å². The van der Waals surface area contributed by atoms with Crippen molar-refractivity contribution in [2.75, 3.05) is 24.6 Å². The SMILES string of the molecule is CCOC(=O)C#Cc1cccc(N2CCCCC2)c1. The minimum Gasteiger partial charge on any atom is -0.456 e. The van der Waals surface area contributed by atoms with E-state index in [0.29, 0.717) is 6.61 Å². The van der Waals surface area contributed by atoms with E-state index in [0.717, 1.165) is 18.7 Å². The second kappa shape index (κ2) is 6.84. The van der Waals surface area contributed by atoms with Crippen molar-refractivity contribution in [2.24, 2.45) is 0 Å². The Hall–Kier alpha value is -1.95. The second-order valence-corrected chi connectivity index (χ2v) is 4.57. The van der Waals surface area contributed by atoms with Crippen molar-refractivity contribution >= 4 is 11.7 Å². The molecule has 0 radical (unpaired) electrons. The van der Waals surface area contributed by atoms with Gasteiger partial charge < -0.3 is 9.64 Å². The maximum Gasteiger partial charge on any atom is 0.384 e. The zero-order valence-electron chi connectivity index (χ0n) is 11.3. The summed E-state index contributed by atoms with van der Waals surface area (Å²) in [6.07, 6.45) is 3.82. The number of ether oxygens (including phenoxy) is 1. The molecule has 1 saturated heterocycles. The molecular formula is C16H19NO2. The van der Waals surface area contributed by atoms with Crippen LogP contribution in [0.4, 0.5) is 5.69 Å². The molecule has 100 valence electrons. The Morgan fingerprint density at radius 3 is 2.84 bits per heavy atom. The lowest BCUT2D eigenvalue weighted by Crippen LogP contribution is -2.29. The van der Waals surface area contributed by atoms with E-state index in [-0.39, 0.29) is 0 Å². The van der Waals surface area contributed by atoms with Crippen LogP contribution in [-0.4, -0.2) is 25.7 Å². The summed E-state index contributed by atoms with van der Waals surface area (Å²) in [6, 6.07) is 8.04. The van der Waals surface area contributed by atoms with E-state index in [1.807, 2.05) is 18.2 Å². The number of carbonyl (C=O) groups is 1. The van der Waals surface area contributed by atoms with Gasteiger partial charge in [-0.3, -0.25) is 0 Å². The quantitative estimate of drug-likeness (QED) is 0.602. The average Bonchev–Trinajstić information content (AvgIpc) is 2.47. The van der Waals surface area contributed by atoms with Gasteiger partial charge in [-0.15, -0.1) is 0 Å². The number of hydrogen-bond donors (Lipinski definition) is 0. The standard InChI is InChI=1S/C16H19NO2/c1-2-19-16(18)10-9-14-7-6-8-15(13-14)17-11-4-3-5-12-17/h6-8,13H,2-5,11-12H2,1H3. The maximum absolute atomic E-state index is 11.2. The first-order chi connectivity index (χ1) is 9.29. The Bertz CT molecular complexity index is 493. The van der Waals surface area contributed by atoms with E-state index in [1.54, 1.807) is 6.92 Å². The number of anilines is 1. The van der Waals surface area contributed by atoms with E-state index in [2.05, 4.69) is 22.8 Å². The van der Waals surface area contributed by atoms with Crippen LogP contribution >= 0.6 is 0 Å². The summed E-state index contributed by atoms with van der Waals surface area (Å²) in [6.45, 7) is 4.35. The van der Waals surface area contributed by atoms with Crippen molar-refractivity contribution in [3.63, 3.8) is 0 Å². The summed E-state index contributed by atoms with van der Waals surface area (Å²) in [7, 11) is 0. The zero-order chi connectivity index (χ0) is 13.5. The molecular weight excluding hydrogens is 238 g/mol. The summed E-state index contributed by atoms with van der Waals surface area (Å²) in [5.41, 5.74) is 2.05. The lowest BCUT2D eigenvalue weighted by molar-refractivity contribution is -0.136. The Labute approximate surface area is 114 Å². The van der Waals surface area contributed by atoms with E-state index in [1.165, 1.54) is 24.9 Å². The molecule has 0 N–H and O–H groups in total. The lowest BCUT2D eigenvalue weighted by atomic mass is 10.1. The predicted molar refractivity (Wildman–Crippen MR) is 76.0 cm³/mol. The van der Waals surface area contributed by atoms with Gasteiger partial charge in [0.1, 0.15) is 0 Å². The van der Waals surface area contributed by atoms with Gasteiger partial charge in [-0.1, -0.05) is 12.0 Å². The molecule has 1 aromatic carbocycles. The van der Waals surface area contributed by atoms with E-state index >= 15 is 0 Å². The fourth-order valence-electron chi connectivity index (χ4n) is 2.22. The van der Waals surface area contributed by atoms with Crippen LogP contribution in [0.3, 0.4) is 0 Å². The molecule has 3 nitrogen and oxygen atoms in total. The molecule has 0 atom stereocenters. The fraction of sp³-hybridized carbons (Fsp3) is 0.438. The normalized spacial score (nSPS) is 14.5. The molecule has 0 bridgehead atoms. The van der Waals surface area contributed by atoms with Gasteiger partial charge in [-0.25, -0.2) is 4.79 Å². The second-order valence-electron chi connectivity index (χ2n) is 4.57. The molecule has 19 heavy (non-hydrogen) atoms. The Kier molecular flexibility index (Phi) is 4.85. The summed E-state index contributed by atoms with van der Waals surface area (Å²) in [4.78, 5) is 13.6. The minimum atomic E-state index is -0.467. The van der Waals surface area contributed by atoms with Crippen LogP contribution in [0.5, 0.6) is 0 Å². The monoisotopic (exact) mass is 257 g/mol. The van der Waals surface area contributed by atoms with Crippen molar-refractivity contribution in [1.82, 2.24) is 0 Å². The van der Waals surface area contributed by atoms with Crippen LogP contribution in [0.25, 0.3) is 0 Å². The largest absolute Gasteiger partial charge is 0.456 e. The molecule has 1 fully saturated rings. The van der Waals surface area contributed by atoms with Gasteiger partial charge in [-0.2, -0.15) is 0 Å². The van der Waals surface area contributed by atoms with Crippen LogP contribution in [0.15, 0.2) is 24.3 Å². The molecule has 0 amide bonds. The van der Waals surface area contributed by atoms with Crippen molar-refractivity contribution in [1.29, 1.82) is 0 Å². The Morgan fingerprint density at radius 2 is 2.11 bits per heavy atom. The van der Waals surface area contributed by atoms with Crippen LogP contribution in [0.1, 0.15) is 31.7 Å². The molecule has 0 saturated carbocycles. The molecule has 0 aliphatic carbocycles. The maximum atomic E-state index is 11.2. The van der Waals surface area contributed by atoms with Gasteiger partial charge >= 0.3 is 5.97 Å². The molecule has 1 aliphatic rings. The number of esters is 1. The van der Waals surface area contributed by atoms with Crippen molar-refractivity contribution < 1.29 is 9.53 Å². The highest BCUT2D eigenvalue weighted by atomic mass is 16.5. The molecule has 2 rings (SSSR count). The highest BCUT2D eigenvalue weighted by Gasteiger charge is 2.10. The number of hydrogen-bond acceptors (Lipinski definition) is 3. The van der Waals surface area contributed by atoms with E-state index in [9.17, 15) is 4.79 Å². The topological polar surface area (TPSA) is 29.5 Å². The molecule has 0 aromatic heterocycles. The predicted octanol–water partition coefficient (Wildman–Crippen LogP) is 2.59. The number of rotatable bonds is 2.